The van der Waals surface area contributed by atoms with Gasteiger partial charge in [-0.25, -0.2) is 8.78 Å². The topological polar surface area (TPSA) is 33.5 Å². The molecule has 0 atom stereocenters. The van der Waals surface area contributed by atoms with Gasteiger partial charge in [0.15, 0.2) is 0 Å². The van der Waals surface area contributed by atoms with E-state index >= 15 is 0 Å². The number of hydrogen-bond donors (Lipinski definition) is 0. The molecule has 0 aliphatic carbocycles. The Balaban J connectivity index is 1.18. The Hall–Kier alpha value is -2.82. The molecule has 1 spiro atoms. The predicted octanol–water partition coefficient (Wildman–Crippen LogP) is 5.79. The van der Waals surface area contributed by atoms with Crippen molar-refractivity contribution in [2.45, 2.75) is 31.1 Å². The zero-order chi connectivity index (χ0) is 26.2. The molecule has 0 N–H and O–H groups in total. The number of thioether (sulfide) groups is 1. The van der Waals surface area contributed by atoms with Crippen molar-refractivity contribution >= 4 is 23.1 Å². The number of nitriles is 1. The van der Waals surface area contributed by atoms with Crippen molar-refractivity contribution in [3.05, 3.63) is 83.1 Å². The first kappa shape index (κ1) is 25.8. The highest BCUT2D eigenvalue weighted by Crippen LogP contribution is 2.52. The van der Waals surface area contributed by atoms with E-state index < -0.39 is 11.6 Å². The van der Waals surface area contributed by atoms with Gasteiger partial charge in [0, 0.05) is 54.1 Å². The average molecular weight is 521 g/mol. The number of rotatable bonds is 6. The molecular formula is C30H34F2N4S. The fourth-order valence-corrected chi connectivity index (χ4v) is 7.07. The Morgan fingerprint density at radius 1 is 1.08 bits per heavy atom. The predicted molar refractivity (Wildman–Crippen MR) is 149 cm³/mol. The normalized spacial score (nSPS) is 19.2. The number of hydrogen-bond acceptors (Lipinski definition) is 5. The molecular weight excluding hydrogens is 486 g/mol. The number of piperidine rings is 1. The number of benzene rings is 2. The summed E-state index contributed by atoms with van der Waals surface area (Å²) in [7, 11) is 2.05. The summed E-state index contributed by atoms with van der Waals surface area (Å²) in [5.74, 6) is 0.877. The summed E-state index contributed by atoms with van der Waals surface area (Å²) in [6, 6.07) is 11.2. The molecule has 2 aromatic rings. The first-order valence-electron chi connectivity index (χ1n) is 13.0. The number of allylic oxidation sites excluding steroid dienone is 1. The number of anilines is 1. The second kappa shape index (κ2) is 10.5. The van der Waals surface area contributed by atoms with E-state index in [0.29, 0.717) is 23.2 Å². The summed E-state index contributed by atoms with van der Waals surface area (Å²) in [6.07, 6.45) is 3.37. The number of likely N-dealkylation sites (tertiary alicyclic amines) is 1. The van der Waals surface area contributed by atoms with E-state index in [1.165, 1.54) is 17.7 Å². The number of aryl methyl sites for hydroxylation is 1. The summed E-state index contributed by atoms with van der Waals surface area (Å²) >= 11 is 1.85. The number of likely N-dealkylation sites (N-methyl/N-ethyl adjacent to an activating group) is 1. The highest BCUT2D eigenvalue weighted by Gasteiger charge is 2.46. The molecule has 37 heavy (non-hydrogen) atoms. The van der Waals surface area contributed by atoms with Crippen molar-refractivity contribution in [3.8, 4) is 6.07 Å². The molecule has 7 heteroatoms. The largest absolute Gasteiger partial charge is 0.370 e. The van der Waals surface area contributed by atoms with Gasteiger partial charge in [0.25, 0.3) is 0 Å². The maximum Gasteiger partial charge on any atom is 0.135 e. The Morgan fingerprint density at radius 2 is 1.76 bits per heavy atom. The molecule has 194 valence electrons. The summed E-state index contributed by atoms with van der Waals surface area (Å²) in [5, 5.41) is 9.41. The van der Waals surface area contributed by atoms with E-state index in [9.17, 15) is 14.0 Å². The minimum absolute atomic E-state index is 0.0126. The van der Waals surface area contributed by atoms with E-state index in [0.717, 1.165) is 74.9 Å². The SMILES string of the molecule is C=C(c1c(F)cc(CCCN2CCC3(CC2)C(=C)N(C)c2ccc(C#N)cc23)cc1F)N1CCSCC1. The van der Waals surface area contributed by atoms with Crippen LogP contribution in [0, 0.1) is 23.0 Å². The number of halogens is 2. The molecule has 0 radical (unpaired) electrons. The zero-order valence-electron chi connectivity index (χ0n) is 21.5. The van der Waals surface area contributed by atoms with Gasteiger partial charge in [-0.2, -0.15) is 17.0 Å². The third kappa shape index (κ3) is 4.78. The van der Waals surface area contributed by atoms with Crippen LogP contribution in [0.1, 0.15) is 41.5 Å². The van der Waals surface area contributed by atoms with Crippen LogP contribution in [0.25, 0.3) is 5.70 Å². The lowest BCUT2D eigenvalue weighted by Gasteiger charge is -2.41. The zero-order valence-corrected chi connectivity index (χ0v) is 22.3. The van der Waals surface area contributed by atoms with Crippen molar-refractivity contribution in [1.82, 2.24) is 9.80 Å². The van der Waals surface area contributed by atoms with Crippen molar-refractivity contribution < 1.29 is 8.78 Å². The Kier molecular flexibility index (Phi) is 7.33. The first-order chi connectivity index (χ1) is 17.8. The van der Waals surface area contributed by atoms with Crippen molar-refractivity contribution in [2.75, 3.05) is 56.2 Å². The molecule has 2 fully saturated rings. The third-order valence-corrected chi connectivity index (χ3v) is 9.34. The van der Waals surface area contributed by atoms with Gasteiger partial charge in [-0.3, -0.25) is 0 Å². The average Bonchev–Trinajstić information content (AvgIpc) is 3.11. The molecule has 2 saturated heterocycles. The number of fused-ring (bicyclic) bond motifs is 2. The molecule has 5 rings (SSSR count). The monoisotopic (exact) mass is 520 g/mol. The van der Waals surface area contributed by atoms with Gasteiger partial charge in [-0.05, 0) is 86.8 Å². The van der Waals surface area contributed by atoms with Gasteiger partial charge in [0.2, 0.25) is 0 Å². The Morgan fingerprint density at radius 3 is 2.41 bits per heavy atom. The lowest BCUT2D eigenvalue weighted by Crippen LogP contribution is -2.43. The Bertz CT molecular complexity index is 1230. The van der Waals surface area contributed by atoms with Gasteiger partial charge in [0.1, 0.15) is 11.6 Å². The maximum absolute atomic E-state index is 14.9. The molecule has 3 aliphatic heterocycles. The summed E-state index contributed by atoms with van der Waals surface area (Å²) < 4.78 is 29.9. The molecule has 0 bridgehead atoms. The fourth-order valence-electron chi connectivity index (χ4n) is 6.16. The molecule has 0 aromatic heterocycles. The second-order valence-corrected chi connectivity index (χ2v) is 11.6. The summed E-state index contributed by atoms with van der Waals surface area (Å²) in [6.45, 7) is 12.7. The molecule has 0 saturated carbocycles. The highest BCUT2D eigenvalue weighted by molar-refractivity contribution is 7.99. The lowest BCUT2D eigenvalue weighted by molar-refractivity contribution is 0.178. The lowest BCUT2D eigenvalue weighted by atomic mass is 9.72. The van der Waals surface area contributed by atoms with E-state index in [1.54, 1.807) is 0 Å². The van der Waals surface area contributed by atoms with E-state index in [2.05, 4.69) is 36.1 Å². The fraction of sp³-hybridized carbons (Fsp3) is 0.433. The van der Waals surface area contributed by atoms with Crippen LogP contribution in [0.15, 0.2) is 49.2 Å². The Labute approximate surface area is 223 Å². The van der Waals surface area contributed by atoms with Crippen molar-refractivity contribution in [1.29, 1.82) is 5.26 Å². The van der Waals surface area contributed by atoms with Crippen LogP contribution in [0.5, 0.6) is 0 Å². The van der Waals surface area contributed by atoms with Gasteiger partial charge >= 0.3 is 0 Å². The van der Waals surface area contributed by atoms with Gasteiger partial charge in [-0.1, -0.05) is 13.2 Å². The van der Waals surface area contributed by atoms with Gasteiger partial charge in [0.05, 0.1) is 17.2 Å². The van der Waals surface area contributed by atoms with Crippen LogP contribution < -0.4 is 4.90 Å². The van der Waals surface area contributed by atoms with E-state index in [4.69, 9.17) is 0 Å². The van der Waals surface area contributed by atoms with Crippen LogP contribution in [-0.4, -0.2) is 61.1 Å². The molecule has 4 nitrogen and oxygen atoms in total. The molecule has 0 unspecified atom stereocenters. The van der Waals surface area contributed by atoms with Crippen LogP contribution in [0.2, 0.25) is 0 Å². The van der Waals surface area contributed by atoms with Gasteiger partial charge in [-0.15, -0.1) is 0 Å². The van der Waals surface area contributed by atoms with Crippen LogP contribution in [0.3, 0.4) is 0 Å². The molecule has 3 aliphatic rings. The summed E-state index contributed by atoms with van der Waals surface area (Å²) in [4.78, 5) is 6.58. The van der Waals surface area contributed by atoms with Crippen LogP contribution in [-0.2, 0) is 11.8 Å². The minimum atomic E-state index is -0.516. The standard InChI is InChI=1S/C30H34F2N4S/c1-21(36-13-15-37-16-14-36)29-26(31)18-23(19-27(29)32)5-4-10-35-11-8-30(9-12-35)22(2)34(3)28-7-6-24(20-33)17-25(28)30/h6-7,17-19H,1-2,4-5,8-16H2,3H3. The maximum atomic E-state index is 14.9. The molecule has 0 amide bonds. The van der Waals surface area contributed by atoms with E-state index in [-0.39, 0.29) is 11.0 Å². The van der Waals surface area contributed by atoms with Crippen molar-refractivity contribution in [3.63, 3.8) is 0 Å². The minimum Gasteiger partial charge on any atom is -0.370 e. The second-order valence-electron chi connectivity index (χ2n) is 10.4. The highest BCUT2D eigenvalue weighted by atomic mass is 32.2. The van der Waals surface area contributed by atoms with Gasteiger partial charge < -0.3 is 14.7 Å². The smallest absolute Gasteiger partial charge is 0.135 e. The van der Waals surface area contributed by atoms with Crippen LogP contribution in [0.4, 0.5) is 14.5 Å². The first-order valence-corrected chi connectivity index (χ1v) is 14.2. The third-order valence-electron chi connectivity index (χ3n) is 8.39. The summed E-state index contributed by atoms with van der Waals surface area (Å²) in [5.41, 5.74) is 5.19. The number of nitrogens with zero attached hydrogens (tertiary/aromatic N) is 4. The molecule has 3 heterocycles. The van der Waals surface area contributed by atoms with E-state index in [1.807, 2.05) is 34.9 Å². The van der Waals surface area contributed by atoms with Crippen LogP contribution >= 0.6 is 11.8 Å². The van der Waals surface area contributed by atoms with Crippen molar-refractivity contribution in [2.24, 2.45) is 0 Å². The quantitative estimate of drug-likeness (QED) is 0.482. The molecule has 2 aromatic carbocycles.